The molecule has 2 aliphatic rings. The Bertz CT molecular complexity index is 759. The summed E-state index contributed by atoms with van der Waals surface area (Å²) in [6.07, 6.45) is 2.89. The predicted octanol–water partition coefficient (Wildman–Crippen LogP) is 3.09. The van der Waals surface area contributed by atoms with Gasteiger partial charge in [0.25, 0.3) is 5.69 Å². The van der Waals surface area contributed by atoms with Crippen LogP contribution in [0.4, 0.5) is 5.69 Å². The normalized spacial score (nSPS) is 32.1. The fourth-order valence-electron chi connectivity index (χ4n) is 4.47. The summed E-state index contributed by atoms with van der Waals surface area (Å²) in [6, 6.07) is 5.32. The minimum atomic E-state index is -3.92. The molecule has 126 valence electrons. The number of hydrogen-bond acceptors (Lipinski definition) is 4. The molecular formula is C16H22N2O4S. The van der Waals surface area contributed by atoms with Crippen molar-refractivity contribution in [3.8, 4) is 0 Å². The second-order valence-corrected chi connectivity index (χ2v) is 9.19. The number of nitro groups is 1. The van der Waals surface area contributed by atoms with Crippen LogP contribution in [-0.2, 0) is 10.0 Å². The summed E-state index contributed by atoms with van der Waals surface area (Å²) in [6.45, 7) is 6.53. The molecule has 2 aliphatic carbocycles. The van der Waals surface area contributed by atoms with E-state index in [4.69, 9.17) is 0 Å². The molecule has 0 aromatic heterocycles. The lowest BCUT2D eigenvalue weighted by Gasteiger charge is -2.39. The molecule has 0 amide bonds. The first-order valence-electron chi connectivity index (χ1n) is 7.85. The fraction of sp³-hybridized carbons (Fsp3) is 0.625. The summed E-state index contributed by atoms with van der Waals surface area (Å²) in [5, 5.41) is 11.1. The van der Waals surface area contributed by atoms with Crippen LogP contribution in [0.15, 0.2) is 29.2 Å². The Morgan fingerprint density at radius 3 is 2.43 bits per heavy atom. The van der Waals surface area contributed by atoms with Crippen molar-refractivity contribution in [1.29, 1.82) is 0 Å². The Morgan fingerprint density at radius 1 is 1.26 bits per heavy atom. The first-order chi connectivity index (χ1) is 10.6. The summed E-state index contributed by atoms with van der Waals surface area (Å²) >= 11 is 0. The van der Waals surface area contributed by atoms with E-state index in [0.717, 1.165) is 19.3 Å². The zero-order valence-corrected chi connectivity index (χ0v) is 14.4. The molecule has 0 aliphatic heterocycles. The third kappa shape index (κ3) is 2.29. The zero-order valence-electron chi connectivity index (χ0n) is 13.6. The molecule has 23 heavy (non-hydrogen) atoms. The summed E-state index contributed by atoms with van der Waals surface area (Å²) in [5.74, 6) is 0.492. The second kappa shape index (κ2) is 5.01. The lowest BCUT2D eigenvalue weighted by atomic mass is 9.69. The summed E-state index contributed by atoms with van der Waals surface area (Å²) in [7, 11) is -3.92. The number of nitrogens with zero attached hydrogens (tertiary/aromatic N) is 1. The quantitative estimate of drug-likeness (QED) is 0.675. The number of para-hydroxylation sites is 1. The van der Waals surface area contributed by atoms with Gasteiger partial charge in [0.15, 0.2) is 4.90 Å². The van der Waals surface area contributed by atoms with Gasteiger partial charge >= 0.3 is 0 Å². The number of nitro benzene ring substituents is 1. The molecule has 6 nitrogen and oxygen atoms in total. The Kier molecular flexibility index (Phi) is 3.57. The first-order valence-corrected chi connectivity index (χ1v) is 9.34. The Balaban J connectivity index is 1.94. The van der Waals surface area contributed by atoms with E-state index in [-0.39, 0.29) is 27.5 Å². The van der Waals surface area contributed by atoms with Crippen LogP contribution in [0, 0.1) is 26.9 Å². The van der Waals surface area contributed by atoms with E-state index in [9.17, 15) is 18.5 Å². The number of sulfonamides is 1. The van der Waals surface area contributed by atoms with E-state index in [0.29, 0.717) is 5.92 Å². The third-order valence-corrected chi connectivity index (χ3v) is 7.96. The smallest absolute Gasteiger partial charge is 0.258 e. The average molecular weight is 338 g/mol. The molecule has 0 spiro atoms. The van der Waals surface area contributed by atoms with E-state index in [1.807, 2.05) is 0 Å². The van der Waals surface area contributed by atoms with Crippen molar-refractivity contribution in [2.24, 2.45) is 16.7 Å². The molecule has 1 aromatic carbocycles. The minimum absolute atomic E-state index is 0.0722. The van der Waals surface area contributed by atoms with Crippen LogP contribution in [0.3, 0.4) is 0 Å². The highest BCUT2D eigenvalue weighted by atomic mass is 32.2. The lowest BCUT2D eigenvalue weighted by Crippen LogP contribution is -2.46. The molecule has 2 bridgehead atoms. The van der Waals surface area contributed by atoms with Gasteiger partial charge in [0, 0.05) is 12.1 Å². The topological polar surface area (TPSA) is 89.3 Å². The fourth-order valence-corrected chi connectivity index (χ4v) is 6.00. The van der Waals surface area contributed by atoms with Gasteiger partial charge in [-0.2, -0.15) is 0 Å². The summed E-state index contributed by atoms with van der Waals surface area (Å²) in [4.78, 5) is 10.2. The van der Waals surface area contributed by atoms with Crippen LogP contribution in [0.2, 0.25) is 0 Å². The van der Waals surface area contributed by atoms with Crippen molar-refractivity contribution >= 4 is 15.7 Å². The van der Waals surface area contributed by atoms with Crippen molar-refractivity contribution < 1.29 is 13.3 Å². The Morgan fingerprint density at radius 2 is 1.91 bits per heavy atom. The standard InChI is InChI=1S/C16H22N2O4S/c1-15(2)11-8-9-16(15,3)14(10-11)17-23(21,22)13-7-5-4-6-12(13)18(19)20/h4-7,11,14,17H,8-10H2,1-3H3/t11-,14-,16-/m0/s1. The highest BCUT2D eigenvalue weighted by molar-refractivity contribution is 7.89. The van der Waals surface area contributed by atoms with Crippen molar-refractivity contribution in [3.63, 3.8) is 0 Å². The van der Waals surface area contributed by atoms with Crippen LogP contribution in [0.5, 0.6) is 0 Å². The number of rotatable bonds is 4. The van der Waals surface area contributed by atoms with E-state index >= 15 is 0 Å². The Hall–Kier alpha value is -1.47. The maximum absolute atomic E-state index is 12.7. The molecule has 3 atom stereocenters. The molecule has 2 saturated carbocycles. The van der Waals surface area contributed by atoms with Gasteiger partial charge in [0.2, 0.25) is 10.0 Å². The zero-order chi connectivity index (χ0) is 17.0. The molecule has 0 heterocycles. The van der Waals surface area contributed by atoms with Crippen molar-refractivity contribution in [2.45, 2.75) is 51.0 Å². The van der Waals surface area contributed by atoms with Gasteiger partial charge in [0.05, 0.1) is 4.92 Å². The maximum atomic E-state index is 12.7. The molecule has 1 N–H and O–H groups in total. The molecular weight excluding hydrogens is 316 g/mol. The van der Waals surface area contributed by atoms with E-state index < -0.39 is 14.9 Å². The van der Waals surface area contributed by atoms with Crippen LogP contribution >= 0.6 is 0 Å². The highest BCUT2D eigenvalue weighted by Gasteiger charge is 2.62. The van der Waals surface area contributed by atoms with Crippen LogP contribution < -0.4 is 4.72 Å². The summed E-state index contributed by atoms with van der Waals surface area (Å²) in [5.41, 5.74) is -0.426. The summed E-state index contributed by atoms with van der Waals surface area (Å²) < 4.78 is 28.2. The van der Waals surface area contributed by atoms with E-state index in [2.05, 4.69) is 25.5 Å². The van der Waals surface area contributed by atoms with E-state index in [1.165, 1.54) is 24.3 Å². The first kappa shape index (κ1) is 16.4. The van der Waals surface area contributed by atoms with Gasteiger partial charge in [-0.05, 0) is 42.1 Å². The van der Waals surface area contributed by atoms with E-state index in [1.54, 1.807) is 0 Å². The number of hydrogen-bond donors (Lipinski definition) is 1. The van der Waals surface area contributed by atoms with Gasteiger partial charge < -0.3 is 0 Å². The molecule has 1 aromatic rings. The Labute approximate surface area is 136 Å². The van der Waals surface area contributed by atoms with Crippen molar-refractivity contribution in [1.82, 2.24) is 4.72 Å². The molecule has 2 fully saturated rings. The lowest BCUT2D eigenvalue weighted by molar-refractivity contribution is -0.387. The highest BCUT2D eigenvalue weighted by Crippen LogP contribution is 2.65. The molecule has 0 radical (unpaired) electrons. The largest absolute Gasteiger partial charge is 0.289 e. The number of fused-ring (bicyclic) bond motifs is 2. The van der Waals surface area contributed by atoms with Crippen LogP contribution in [0.25, 0.3) is 0 Å². The van der Waals surface area contributed by atoms with Crippen LogP contribution in [-0.4, -0.2) is 19.4 Å². The molecule has 3 rings (SSSR count). The molecule has 7 heteroatoms. The average Bonchev–Trinajstić information content (AvgIpc) is 2.80. The van der Waals surface area contributed by atoms with Gasteiger partial charge in [-0.15, -0.1) is 0 Å². The molecule has 0 saturated heterocycles. The molecule has 0 unspecified atom stereocenters. The maximum Gasteiger partial charge on any atom is 0.289 e. The predicted molar refractivity (Wildman–Crippen MR) is 86.4 cm³/mol. The van der Waals surface area contributed by atoms with Crippen LogP contribution in [0.1, 0.15) is 40.0 Å². The van der Waals surface area contributed by atoms with Gasteiger partial charge in [0.1, 0.15) is 0 Å². The number of nitrogens with one attached hydrogen (secondary N) is 1. The van der Waals surface area contributed by atoms with Gasteiger partial charge in [-0.1, -0.05) is 32.9 Å². The van der Waals surface area contributed by atoms with Gasteiger partial charge in [-0.3, -0.25) is 10.1 Å². The second-order valence-electron chi connectivity index (χ2n) is 7.51. The monoisotopic (exact) mass is 338 g/mol. The third-order valence-electron chi connectivity index (χ3n) is 6.44. The van der Waals surface area contributed by atoms with Crippen molar-refractivity contribution in [3.05, 3.63) is 34.4 Å². The van der Waals surface area contributed by atoms with Gasteiger partial charge in [-0.25, -0.2) is 13.1 Å². The minimum Gasteiger partial charge on any atom is -0.258 e. The SMILES string of the molecule is CC1(C)[C@H]2CC[C@@]1(C)[C@@H](NS(=O)(=O)c1ccccc1[N+](=O)[O-])C2. The van der Waals surface area contributed by atoms with Crippen molar-refractivity contribution in [2.75, 3.05) is 0 Å². The number of benzene rings is 1.